The molecule has 0 aliphatic heterocycles. The number of sulfone groups is 1. The molecule has 6 nitrogen and oxygen atoms in total. The summed E-state index contributed by atoms with van der Waals surface area (Å²) in [7, 11) is -3.01. The first-order valence-electron chi connectivity index (χ1n) is 8.21. The lowest BCUT2D eigenvalue weighted by Gasteiger charge is -2.24. The Morgan fingerprint density at radius 2 is 2.08 bits per heavy atom. The van der Waals surface area contributed by atoms with E-state index in [2.05, 4.69) is 4.98 Å². The molecule has 7 heteroatoms. The summed E-state index contributed by atoms with van der Waals surface area (Å²) in [6.45, 7) is 3.19. The van der Waals surface area contributed by atoms with E-state index in [4.69, 9.17) is 9.97 Å². The third kappa shape index (κ3) is 3.72. The van der Waals surface area contributed by atoms with Crippen LogP contribution in [0.2, 0.25) is 0 Å². The molecule has 3 rings (SSSR count). The Balaban J connectivity index is 2.01. The van der Waals surface area contributed by atoms with Crippen LogP contribution in [-0.4, -0.2) is 48.5 Å². The zero-order valence-corrected chi connectivity index (χ0v) is 14.9. The SMILES string of the molecule is CCN(CCS(C)(=O)=O)c1nc(-c2cccnc2)nc2c1CCC2. The van der Waals surface area contributed by atoms with Crippen LogP contribution >= 0.6 is 0 Å². The lowest BCUT2D eigenvalue weighted by atomic mass is 10.2. The summed E-state index contributed by atoms with van der Waals surface area (Å²) in [5, 5.41) is 0. The lowest BCUT2D eigenvalue weighted by molar-refractivity contribution is 0.600. The molecule has 128 valence electrons. The van der Waals surface area contributed by atoms with Gasteiger partial charge >= 0.3 is 0 Å². The van der Waals surface area contributed by atoms with Gasteiger partial charge in [-0.25, -0.2) is 18.4 Å². The van der Waals surface area contributed by atoms with E-state index in [0.29, 0.717) is 18.9 Å². The van der Waals surface area contributed by atoms with Crippen molar-refractivity contribution in [1.29, 1.82) is 0 Å². The zero-order valence-electron chi connectivity index (χ0n) is 14.1. The molecule has 0 radical (unpaired) electrons. The van der Waals surface area contributed by atoms with Crippen molar-refractivity contribution in [2.75, 3.05) is 30.0 Å². The molecule has 0 unspecified atom stereocenters. The van der Waals surface area contributed by atoms with Gasteiger partial charge in [0.25, 0.3) is 0 Å². The largest absolute Gasteiger partial charge is 0.356 e. The fraction of sp³-hybridized carbons (Fsp3) is 0.471. The van der Waals surface area contributed by atoms with Crippen LogP contribution in [0.4, 0.5) is 5.82 Å². The Kier molecular flexibility index (Phi) is 4.80. The number of nitrogens with zero attached hydrogens (tertiary/aromatic N) is 4. The maximum absolute atomic E-state index is 11.5. The van der Waals surface area contributed by atoms with Gasteiger partial charge in [-0.15, -0.1) is 0 Å². The van der Waals surface area contributed by atoms with Crippen molar-refractivity contribution >= 4 is 15.7 Å². The molecule has 0 saturated carbocycles. The molecule has 0 atom stereocenters. The summed E-state index contributed by atoms with van der Waals surface area (Å²) in [6, 6.07) is 3.81. The molecular formula is C17H22N4O2S. The highest BCUT2D eigenvalue weighted by Crippen LogP contribution is 2.31. The first-order chi connectivity index (χ1) is 11.5. The predicted octanol–water partition coefficient (Wildman–Crippen LogP) is 1.90. The van der Waals surface area contributed by atoms with E-state index in [1.807, 2.05) is 24.0 Å². The second kappa shape index (κ2) is 6.84. The molecule has 2 aromatic heterocycles. The summed E-state index contributed by atoms with van der Waals surface area (Å²) in [5.74, 6) is 1.67. The molecule has 0 spiro atoms. The molecule has 1 aliphatic carbocycles. The molecular weight excluding hydrogens is 324 g/mol. The number of pyridine rings is 1. The van der Waals surface area contributed by atoms with Crippen LogP contribution in [0, 0.1) is 0 Å². The van der Waals surface area contributed by atoms with E-state index < -0.39 is 9.84 Å². The van der Waals surface area contributed by atoms with Gasteiger partial charge in [-0.2, -0.15) is 0 Å². The number of fused-ring (bicyclic) bond motifs is 1. The van der Waals surface area contributed by atoms with E-state index in [0.717, 1.165) is 41.9 Å². The van der Waals surface area contributed by atoms with E-state index >= 15 is 0 Å². The zero-order chi connectivity index (χ0) is 17.2. The fourth-order valence-electron chi connectivity index (χ4n) is 2.99. The monoisotopic (exact) mass is 346 g/mol. The second-order valence-corrected chi connectivity index (χ2v) is 8.36. The first kappa shape index (κ1) is 16.8. The molecule has 0 N–H and O–H groups in total. The van der Waals surface area contributed by atoms with Crippen molar-refractivity contribution in [2.45, 2.75) is 26.2 Å². The molecule has 0 aromatic carbocycles. The molecule has 24 heavy (non-hydrogen) atoms. The van der Waals surface area contributed by atoms with E-state index in [1.165, 1.54) is 6.26 Å². The topological polar surface area (TPSA) is 76.1 Å². The van der Waals surface area contributed by atoms with E-state index in [1.54, 1.807) is 12.4 Å². The predicted molar refractivity (Wildman–Crippen MR) is 94.9 cm³/mol. The third-order valence-corrected chi connectivity index (χ3v) is 5.17. The Labute approximate surface area is 142 Å². The maximum Gasteiger partial charge on any atom is 0.163 e. The van der Waals surface area contributed by atoms with Gasteiger partial charge < -0.3 is 4.90 Å². The molecule has 0 bridgehead atoms. The van der Waals surface area contributed by atoms with Crippen LogP contribution < -0.4 is 4.90 Å². The smallest absolute Gasteiger partial charge is 0.163 e. The summed E-state index contributed by atoms with van der Waals surface area (Å²) in [5.41, 5.74) is 3.13. The highest BCUT2D eigenvalue weighted by Gasteiger charge is 2.23. The van der Waals surface area contributed by atoms with Gasteiger partial charge in [-0.1, -0.05) is 0 Å². The summed E-state index contributed by atoms with van der Waals surface area (Å²) >= 11 is 0. The van der Waals surface area contributed by atoms with Crippen molar-refractivity contribution in [3.63, 3.8) is 0 Å². The standard InChI is InChI=1S/C17H22N4O2S/c1-3-21(10-11-24(2,22)23)17-14-7-4-8-15(14)19-16(20-17)13-6-5-9-18-12-13/h5-6,9,12H,3-4,7-8,10-11H2,1-2H3. The Hall–Kier alpha value is -2.02. The van der Waals surface area contributed by atoms with Crippen molar-refractivity contribution in [2.24, 2.45) is 0 Å². The van der Waals surface area contributed by atoms with Crippen molar-refractivity contribution in [1.82, 2.24) is 15.0 Å². The molecule has 1 aliphatic rings. The number of hydrogen-bond acceptors (Lipinski definition) is 6. The van der Waals surface area contributed by atoms with Crippen LogP contribution in [0.25, 0.3) is 11.4 Å². The highest BCUT2D eigenvalue weighted by molar-refractivity contribution is 7.90. The fourth-order valence-corrected chi connectivity index (χ4v) is 3.54. The summed E-state index contributed by atoms with van der Waals surface area (Å²) in [4.78, 5) is 15.7. The van der Waals surface area contributed by atoms with Crippen LogP contribution in [-0.2, 0) is 22.7 Å². The van der Waals surface area contributed by atoms with Gasteiger partial charge in [-0.05, 0) is 38.3 Å². The second-order valence-electron chi connectivity index (χ2n) is 6.10. The number of aromatic nitrogens is 3. The number of anilines is 1. The third-order valence-electron chi connectivity index (χ3n) is 4.24. The molecule has 0 amide bonds. The van der Waals surface area contributed by atoms with Crippen LogP contribution in [0.1, 0.15) is 24.6 Å². The molecule has 2 heterocycles. The van der Waals surface area contributed by atoms with Gasteiger partial charge in [0.1, 0.15) is 15.7 Å². The Bertz CT molecular complexity index is 822. The van der Waals surface area contributed by atoms with Gasteiger partial charge in [0.15, 0.2) is 5.82 Å². The minimum absolute atomic E-state index is 0.127. The number of hydrogen-bond donors (Lipinski definition) is 0. The number of rotatable bonds is 6. The Morgan fingerprint density at radius 1 is 1.25 bits per heavy atom. The van der Waals surface area contributed by atoms with Crippen molar-refractivity contribution in [3.05, 3.63) is 35.8 Å². The molecule has 0 fully saturated rings. The number of aryl methyl sites for hydroxylation is 1. The molecule has 0 saturated heterocycles. The lowest BCUT2D eigenvalue weighted by Crippen LogP contribution is -2.30. The quantitative estimate of drug-likeness (QED) is 0.795. The van der Waals surface area contributed by atoms with Gasteiger partial charge in [0.05, 0.1) is 5.75 Å². The maximum atomic E-state index is 11.5. The van der Waals surface area contributed by atoms with Gasteiger partial charge in [-0.3, -0.25) is 4.98 Å². The average Bonchev–Trinajstić information content (AvgIpc) is 3.03. The average molecular weight is 346 g/mol. The minimum Gasteiger partial charge on any atom is -0.356 e. The molecule has 2 aromatic rings. The highest BCUT2D eigenvalue weighted by atomic mass is 32.2. The summed E-state index contributed by atoms with van der Waals surface area (Å²) in [6.07, 6.45) is 7.72. The summed E-state index contributed by atoms with van der Waals surface area (Å²) < 4.78 is 23.1. The van der Waals surface area contributed by atoms with Crippen LogP contribution in [0.3, 0.4) is 0 Å². The van der Waals surface area contributed by atoms with Gasteiger partial charge in [0.2, 0.25) is 0 Å². The van der Waals surface area contributed by atoms with E-state index in [9.17, 15) is 8.42 Å². The van der Waals surface area contributed by atoms with Crippen molar-refractivity contribution < 1.29 is 8.42 Å². The Morgan fingerprint density at radius 3 is 2.75 bits per heavy atom. The van der Waals surface area contributed by atoms with Gasteiger partial charge in [0, 0.05) is 48.6 Å². The van der Waals surface area contributed by atoms with Crippen LogP contribution in [0.15, 0.2) is 24.5 Å². The normalized spacial score (nSPS) is 13.8. The van der Waals surface area contributed by atoms with Crippen molar-refractivity contribution in [3.8, 4) is 11.4 Å². The first-order valence-corrected chi connectivity index (χ1v) is 10.3. The van der Waals surface area contributed by atoms with E-state index in [-0.39, 0.29) is 5.75 Å². The minimum atomic E-state index is -3.01. The van der Waals surface area contributed by atoms with Crippen LogP contribution in [0.5, 0.6) is 0 Å².